The average Bonchev–Trinajstić information content (AvgIpc) is 2.29. The van der Waals surface area contributed by atoms with Crippen LogP contribution >= 0.6 is 0 Å². The van der Waals surface area contributed by atoms with Crippen molar-refractivity contribution in [3.63, 3.8) is 0 Å². The van der Waals surface area contributed by atoms with E-state index in [4.69, 9.17) is 9.16 Å². The second kappa shape index (κ2) is 5.92. The SMILES string of the molecule is CC1CC=C2C=C(O[Si](C)(C)C)CCC2[C@H]1OC(C)(C)C. The van der Waals surface area contributed by atoms with Crippen LogP contribution in [-0.4, -0.2) is 20.0 Å². The molecule has 2 unspecified atom stereocenters. The van der Waals surface area contributed by atoms with Crippen LogP contribution in [0.4, 0.5) is 0 Å². The quantitative estimate of drug-likeness (QED) is 0.660. The largest absolute Gasteiger partial charge is 0.547 e. The normalized spacial score (nSPS) is 30.3. The van der Waals surface area contributed by atoms with Crippen LogP contribution in [0.2, 0.25) is 19.6 Å². The first kappa shape index (κ1) is 16.8. The fraction of sp³-hybridized carbons (Fsp3) is 0.778. The van der Waals surface area contributed by atoms with Crippen LogP contribution < -0.4 is 0 Å². The van der Waals surface area contributed by atoms with E-state index in [2.05, 4.69) is 59.5 Å². The van der Waals surface area contributed by atoms with Crippen LogP contribution in [0.1, 0.15) is 47.0 Å². The Bertz CT molecular complexity index is 437. The summed E-state index contributed by atoms with van der Waals surface area (Å²) in [5.41, 5.74) is 1.38. The molecule has 0 fully saturated rings. The van der Waals surface area contributed by atoms with Gasteiger partial charge >= 0.3 is 0 Å². The van der Waals surface area contributed by atoms with E-state index < -0.39 is 8.32 Å². The molecule has 0 aromatic heterocycles. The highest BCUT2D eigenvalue weighted by Crippen LogP contribution is 2.41. The van der Waals surface area contributed by atoms with E-state index in [1.165, 1.54) is 11.3 Å². The van der Waals surface area contributed by atoms with Gasteiger partial charge in [0.05, 0.1) is 17.5 Å². The molecule has 0 aliphatic heterocycles. The van der Waals surface area contributed by atoms with Crippen LogP contribution in [0.5, 0.6) is 0 Å². The van der Waals surface area contributed by atoms with E-state index in [9.17, 15) is 0 Å². The van der Waals surface area contributed by atoms with Gasteiger partial charge in [-0.05, 0) is 70.8 Å². The maximum Gasteiger partial charge on any atom is 0.241 e. The van der Waals surface area contributed by atoms with Gasteiger partial charge in [0.15, 0.2) is 0 Å². The summed E-state index contributed by atoms with van der Waals surface area (Å²) in [6.07, 6.45) is 8.39. The average molecular weight is 309 g/mol. The van der Waals surface area contributed by atoms with Crippen molar-refractivity contribution in [3.8, 4) is 0 Å². The number of hydrogen-bond donors (Lipinski definition) is 0. The molecular weight excluding hydrogens is 276 g/mol. The van der Waals surface area contributed by atoms with Gasteiger partial charge in [-0.1, -0.05) is 13.0 Å². The molecule has 0 amide bonds. The van der Waals surface area contributed by atoms with Gasteiger partial charge < -0.3 is 9.16 Å². The highest BCUT2D eigenvalue weighted by molar-refractivity contribution is 6.70. The molecule has 0 saturated carbocycles. The lowest BCUT2D eigenvalue weighted by atomic mass is 9.74. The first-order chi connectivity index (χ1) is 9.55. The molecule has 0 spiro atoms. The van der Waals surface area contributed by atoms with Crippen LogP contribution in [0.25, 0.3) is 0 Å². The number of ether oxygens (including phenoxy) is 1. The van der Waals surface area contributed by atoms with Crippen LogP contribution in [0, 0.1) is 11.8 Å². The van der Waals surface area contributed by atoms with Crippen molar-refractivity contribution in [1.29, 1.82) is 0 Å². The van der Waals surface area contributed by atoms with Crippen LogP contribution in [0.3, 0.4) is 0 Å². The third kappa shape index (κ3) is 4.72. The fourth-order valence-electron chi connectivity index (χ4n) is 3.33. The monoisotopic (exact) mass is 308 g/mol. The number of hydrogen-bond acceptors (Lipinski definition) is 2. The standard InChI is InChI=1S/C18H32O2Si/c1-13-8-9-14-12-15(20-21(5,6)7)10-11-16(14)17(13)19-18(2,3)4/h9,12-13,16-17H,8,10-11H2,1-7H3/t13?,16?,17-/m0/s1. The molecule has 0 heterocycles. The highest BCUT2D eigenvalue weighted by Gasteiger charge is 2.37. The summed E-state index contributed by atoms with van der Waals surface area (Å²) >= 11 is 0. The molecule has 0 N–H and O–H groups in total. The van der Waals surface area contributed by atoms with Crippen LogP contribution in [-0.2, 0) is 9.16 Å². The van der Waals surface area contributed by atoms with E-state index in [1.54, 1.807) is 0 Å². The molecule has 0 aromatic rings. The third-order valence-electron chi connectivity index (χ3n) is 4.07. The minimum atomic E-state index is -1.50. The number of rotatable bonds is 3. The summed E-state index contributed by atoms with van der Waals surface area (Å²) in [5, 5.41) is 0. The smallest absolute Gasteiger partial charge is 0.241 e. The number of allylic oxidation sites excluding steroid dienone is 3. The molecule has 120 valence electrons. The van der Waals surface area contributed by atoms with Crippen LogP contribution in [0.15, 0.2) is 23.5 Å². The topological polar surface area (TPSA) is 18.5 Å². The van der Waals surface area contributed by atoms with E-state index in [-0.39, 0.29) is 5.60 Å². The zero-order chi connectivity index (χ0) is 15.8. The Morgan fingerprint density at radius 2 is 1.86 bits per heavy atom. The molecule has 0 saturated heterocycles. The number of fused-ring (bicyclic) bond motifs is 1. The minimum absolute atomic E-state index is 0.0693. The van der Waals surface area contributed by atoms with Gasteiger partial charge in [0, 0.05) is 12.3 Å². The van der Waals surface area contributed by atoms with E-state index in [0.29, 0.717) is 17.9 Å². The van der Waals surface area contributed by atoms with Gasteiger partial charge in [0.2, 0.25) is 8.32 Å². The summed E-state index contributed by atoms with van der Waals surface area (Å²) in [5.74, 6) is 2.34. The molecule has 0 aromatic carbocycles. The predicted molar refractivity (Wildman–Crippen MR) is 91.7 cm³/mol. The van der Waals surface area contributed by atoms with Crippen molar-refractivity contribution in [2.45, 2.75) is 78.3 Å². The van der Waals surface area contributed by atoms with Crippen molar-refractivity contribution >= 4 is 8.32 Å². The van der Waals surface area contributed by atoms with E-state index in [0.717, 1.165) is 19.3 Å². The third-order valence-corrected chi connectivity index (χ3v) is 4.94. The lowest BCUT2D eigenvalue weighted by Crippen LogP contribution is -2.41. The Morgan fingerprint density at radius 1 is 1.19 bits per heavy atom. The molecule has 3 heteroatoms. The minimum Gasteiger partial charge on any atom is -0.547 e. The molecule has 2 aliphatic rings. The molecular formula is C18H32O2Si. The molecule has 0 radical (unpaired) electrons. The van der Waals surface area contributed by atoms with Gasteiger partial charge in [-0.3, -0.25) is 0 Å². The summed E-state index contributed by atoms with van der Waals surface area (Å²) in [6.45, 7) is 15.6. The molecule has 0 bridgehead atoms. The molecule has 2 aliphatic carbocycles. The van der Waals surface area contributed by atoms with Gasteiger partial charge in [-0.15, -0.1) is 0 Å². The Morgan fingerprint density at radius 3 is 2.43 bits per heavy atom. The molecule has 3 atom stereocenters. The lowest BCUT2D eigenvalue weighted by Gasteiger charge is -2.42. The maximum atomic E-state index is 6.39. The maximum absolute atomic E-state index is 6.39. The summed E-state index contributed by atoms with van der Waals surface area (Å²) < 4.78 is 12.6. The Kier molecular flexibility index (Phi) is 4.74. The molecule has 2 nitrogen and oxygen atoms in total. The zero-order valence-electron chi connectivity index (χ0n) is 14.8. The van der Waals surface area contributed by atoms with Gasteiger partial charge in [-0.25, -0.2) is 0 Å². The second-order valence-corrected chi connectivity index (χ2v) is 13.0. The van der Waals surface area contributed by atoms with E-state index in [1.807, 2.05) is 0 Å². The summed E-state index contributed by atoms with van der Waals surface area (Å²) in [6, 6.07) is 0. The first-order valence-electron chi connectivity index (χ1n) is 8.33. The van der Waals surface area contributed by atoms with Crippen molar-refractivity contribution < 1.29 is 9.16 Å². The summed E-state index contributed by atoms with van der Waals surface area (Å²) in [7, 11) is -1.50. The predicted octanol–water partition coefficient (Wildman–Crippen LogP) is 5.28. The fourth-order valence-corrected chi connectivity index (χ4v) is 4.27. The van der Waals surface area contributed by atoms with Crippen molar-refractivity contribution in [2.24, 2.45) is 11.8 Å². The van der Waals surface area contributed by atoms with Crippen molar-refractivity contribution in [2.75, 3.05) is 0 Å². The Labute approximate surface area is 131 Å². The van der Waals surface area contributed by atoms with E-state index >= 15 is 0 Å². The summed E-state index contributed by atoms with van der Waals surface area (Å²) in [4.78, 5) is 0. The zero-order valence-corrected chi connectivity index (χ0v) is 15.8. The van der Waals surface area contributed by atoms with Crippen molar-refractivity contribution in [3.05, 3.63) is 23.5 Å². The highest BCUT2D eigenvalue weighted by atomic mass is 28.4. The van der Waals surface area contributed by atoms with Gasteiger partial charge in [-0.2, -0.15) is 0 Å². The Hall–Kier alpha value is -0.543. The van der Waals surface area contributed by atoms with Gasteiger partial charge in [0.25, 0.3) is 0 Å². The molecule has 2 rings (SSSR count). The first-order valence-corrected chi connectivity index (χ1v) is 11.7. The van der Waals surface area contributed by atoms with Crippen molar-refractivity contribution in [1.82, 2.24) is 0 Å². The molecule has 21 heavy (non-hydrogen) atoms. The Balaban J connectivity index is 2.16. The lowest BCUT2D eigenvalue weighted by molar-refractivity contribution is -0.105. The van der Waals surface area contributed by atoms with Gasteiger partial charge in [0.1, 0.15) is 0 Å². The second-order valence-electron chi connectivity index (χ2n) is 8.58.